The number of halogens is 1. The lowest BCUT2D eigenvalue weighted by Crippen LogP contribution is -2.32. The van der Waals surface area contributed by atoms with Crippen LogP contribution in [-0.4, -0.2) is 29.6 Å². The third-order valence-electron chi connectivity index (χ3n) is 4.13. The van der Waals surface area contributed by atoms with Gasteiger partial charge in [-0.05, 0) is 36.4 Å². The summed E-state index contributed by atoms with van der Waals surface area (Å²) < 4.78 is 18.6. The first-order valence-electron chi connectivity index (χ1n) is 7.94. The van der Waals surface area contributed by atoms with Crippen molar-refractivity contribution in [3.8, 4) is 22.7 Å². The number of benzene rings is 2. The molecule has 0 N–H and O–H groups in total. The fourth-order valence-electron chi connectivity index (χ4n) is 2.80. The lowest BCUT2D eigenvalue weighted by atomic mass is 10.1. The molecule has 0 aliphatic carbocycles. The molecule has 1 aliphatic rings. The molecule has 3 nitrogen and oxygen atoms in total. The standard InChI is InChI=1S/C19H17FN2OS/c20-16-5-1-15(2-6-16)19-21-18(13-23-19)14-3-7-17(8-4-14)22-9-11-24-12-10-22/h1-8,13H,9-12H2. The maximum absolute atomic E-state index is 13.0. The van der Waals surface area contributed by atoms with Gasteiger partial charge in [0, 0.05) is 41.4 Å². The van der Waals surface area contributed by atoms with Gasteiger partial charge in [-0.15, -0.1) is 0 Å². The van der Waals surface area contributed by atoms with Gasteiger partial charge in [0.15, 0.2) is 0 Å². The van der Waals surface area contributed by atoms with Gasteiger partial charge in [-0.25, -0.2) is 9.37 Å². The summed E-state index contributed by atoms with van der Waals surface area (Å²) in [7, 11) is 0. The van der Waals surface area contributed by atoms with Crippen LogP contribution in [0.2, 0.25) is 0 Å². The summed E-state index contributed by atoms with van der Waals surface area (Å²) in [4.78, 5) is 6.93. The zero-order chi connectivity index (χ0) is 16.4. The first-order chi connectivity index (χ1) is 11.8. The van der Waals surface area contributed by atoms with E-state index in [9.17, 15) is 4.39 Å². The zero-order valence-electron chi connectivity index (χ0n) is 13.1. The van der Waals surface area contributed by atoms with Crippen LogP contribution in [0.4, 0.5) is 10.1 Å². The molecule has 1 aromatic heterocycles. The van der Waals surface area contributed by atoms with E-state index >= 15 is 0 Å². The minimum absolute atomic E-state index is 0.266. The van der Waals surface area contributed by atoms with Gasteiger partial charge in [0.2, 0.25) is 5.89 Å². The Morgan fingerprint density at radius 2 is 1.58 bits per heavy atom. The molecule has 0 atom stereocenters. The van der Waals surface area contributed by atoms with Gasteiger partial charge in [-0.3, -0.25) is 0 Å². The molecule has 5 heteroatoms. The Bertz CT molecular complexity index is 808. The van der Waals surface area contributed by atoms with E-state index < -0.39 is 0 Å². The highest BCUT2D eigenvalue weighted by molar-refractivity contribution is 7.99. The first-order valence-corrected chi connectivity index (χ1v) is 9.10. The molecule has 0 unspecified atom stereocenters. The summed E-state index contributed by atoms with van der Waals surface area (Å²) in [5, 5.41) is 0. The lowest BCUT2D eigenvalue weighted by molar-refractivity contribution is 0.574. The first kappa shape index (κ1) is 15.3. The van der Waals surface area contributed by atoms with Crippen LogP contribution in [0, 0.1) is 5.82 Å². The van der Waals surface area contributed by atoms with Crippen LogP contribution in [0.25, 0.3) is 22.7 Å². The molecule has 0 radical (unpaired) electrons. The van der Waals surface area contributed by atoms with E-state index in [4.69, 9.17) is 4.42 Å². The molecule has 1 aliphatic heterocycles. The van der Waals surface area contributed by atoms with E-state index in [0.717, 1.165) is 29.9 Å². The van der Waals surface area contributed by atoms with E-state index in [1.807, 2.05) is 11.8 Å². The summed E-state index contributed by atoms with van der Waals surface area (Å²) in [6.07, 6.45) is 1.64. The molecule has 2 aromatic carbocycles. The molecule has 1 fully saturated rings. The van der Waals surface area contributed by atoms with E-state index in [0.29, 0.717) is 5.89 Å². The van der Waals surface area contributed by atoms with E-state index in [2.05, 4.69) is 34.1 Å². The van der Waals surface area contributed by atoms with Crippen LogP contribution in [0.1, 0.15) is 0 Å². The van der Waals surface area contributed by atoms with Crippen molar-refractivity contribution in [3.05, 3.63) is 60.6 Å². The fraction of sp³-hybridized carbons (Fsp3) is 0.211. The second-order valence-corrected chi connectivity index (χ2v) is 6.92. The largest absolute Gasteiger partial charge is 0.444 e. The molecular weight excluding hydrogens is 323 g/mol. The number of hydrogen-bond acceptors (Lipinski definition) is 4. The second kappa shape index (κ2) is 6.69. The second-order valence-electron chi connectivity index (χ2n) is 5.69. The summed E-state index contributed by atoms with van der Waals surface area (Å²) in [6.45, 7) is 2.20. The highest BCUT2D eigenvalue weighted by atomic mass is 32.2. The average Bonchev–Trinajstić information content (AvgIpc) is 3.13. The molecule has 1 saturated heterocycles. The smallest absolute Gasteiger partial charge is 0.226 e. The monoisotopic (exact) mass is 340 g/mol. The van der Waals surface area contributed by atoms with Crippen molar-refractivity contribution in [1.29, 1.82) is 0 Å². The summed E-state index contributed by atoms with van der Waals surface area (Å²) in [5.74, 6) is 2.61. The van der Waals surface area contributed by atoms with Crippen molar-refractivity contribution in [1.82, 2.24) is 4.98 Å². The summed E-state index contributed by atoms with van der Waals surface area (Å²) in [5.41, 5.74) is 3.82. The SMILES string of the molecule is Fc1ccc(-c2nc(-c3ccc(N4CCSCC4)cc3)co2)cc1. The van der Waals surface area contributed by atoms with Crippen LogP contribution in [0.5, 0.6) is 0 Å². The van der Waals surface area contributed by atoms with Crippen molar-refractivity contribution in [3.63, 3.8) is 0 Å². The predicted molar refractivity (Wildman–Crippen MR) is 96.9 cm³/mol. The summed E-state index contributed by atoms with van der Waals surface area (Å²) >= 11 is 2.01. The molecule has 2 heterocycles. The molecule has 0 spiro atoms. The van der Waals surface area contributed by atoms with Crippen molar-refractivity contribution in [2.45, 2.75) is 0 Å². The molecule has 0 amide bonds. The number of hydrogen-bond donors (Lipinski definition) is 0. The molecule has 0 bridgehead atoms. The molecule has 0 saturated carbocycles. The molecular formula is C19H17FN2OS. The average molecular weight is 340 g/mol. The number of oxazole rings is 1. The molecule has 4 rings (SSSR count). The van der Waals surface area contributed by atoms with Crippen LogP contribution < -0.4 is 4.90 Å². The highest BCUT2D eigenvalue weighted by Gasteiger charge is 2.12. The number of thioether (sulfide) groups is 1. The van der Waals surface area contributed by atoms with E-state index in [1.165, 1.54) is 29.3 Å². The molecule has 3 aromatic rings. The normalized spacial score (nSPS) is 14.8. The minimum atomic E-state index is -0.266. The molecule has 24 heavy (non-hydrogen) atoms. The van der Waals surface area contributed by atoms with E-state index in [1.54, 1.807) is 18.4 Å². The van der Waals surface area contributed by atoms with Gasteiger partial charge in [0.05, 0.1) is 0 Å². The van der Waals surface area contributed by atoms with Crippen LogP contribution >= 0.6 is 11.8 Å². The van der Waals surface area contributed by atoms with Crippen LogP contribution in [0.3, 0.4) is 0 Å². The Balaban J connectivity index is 1.54. The molecule has 122 valence electrons. The topological polar surface area (TPSA) is 29.3 Å². The van der Waals surface area contributed by atoms with Gasteiger partial charge in [-0.1, -0.05) is 12.1 Å². The number of nitrogens with zero attached hydrogens (tertiary/aromatic N) is 2. The number of rotatable bonds is 3. The lowest BCUT2D eigenvalue weighted by Gasteiger charge is -2.28. The third-order valence-corrected chi connectivity index (χ3v) is 5.08. The van der Waals surface area contributed by atoms with Gasteiger partial charge < -0.3 is 9.32 Å². The maximum atomic E-state index is 13.0. The Hall–Kier alpha value is -2.27. The van der Waals surface area contributed by atoms with Crippen molar-refractivity contribution in [2.24, 2.45) is 0 Å². The van der Waals surface area contributed by atoms with Crippen molar-refractivity contribution in [2.75, 3.05) is 29.5 Å². The van der Waals surface area contributed by atoms with Crippen molar-refractivity contribution >= 4 is 17.4 Å². The highest BCUT2D eigenvalue weighted by Crippen LogP contribution is 2.27. The fourth-order valence-corrected chi connectivity index (χ4v) is 3.70. The predicted octanol–water partition coefficient (Wildman–Crippen LogP) is 4.70. The van der Waals surface area contributed by atoms with Crippen LogP contribution in [-0.2, 0) is 0 Å². The Morgan fingerprint density at radius 3 is 2.29 bits per heavy atom. The van der Waals surface area contributed by atoms with Gasteiger partial charge in [-0.2, -0.15) is 11.8 Å². The van der Waals surface area contributed by atoms with E-state index in [-0.39, 0.29) is 5.82 Å². The van der Waals surface area contributed by atoms with Gasteiger partial charge in [0.1, 0.15) is 17.8 Å². The minimum Gasteiger partial charge on any atom is -0.444 e. The Kier molecular flexibility index (Phi) is 4.26. The summed E-state index contributed by atoms with van der Waals surface area (Å²) in [6, 6.07) is 14.6. The number of anilines is 1. The van der Waals surface area contributed by atoms with Crippen molar-refractivity contribution < 1.29 is 8.81 Å². The maximum Gasteiger partial charge on any atom is 0.226 e. The van der Waals surface area contributed by atoms with Crippen LogP contribution in [0.15, 0.2) is 59.2 Å². The third kappa shape index (κ3) is 3.17. The zero-order valence-corrected chi connectivity index (χ0v) is 13.9. The number of aromatic nitrogens is 1. The van der Waals surface area contributed by atoms with Gasteiger partial charge >= 0.3 is 0 Å². The quantitative estimate of drug-likeness (QED) is 0.691. The van der Waals surface area contributed by atoms with Gasteiger partial charge in [0.25, 0.3) is 0 Å². The Labute approximate surface area is 144 Å². The Morgan fingerprint density at radius 1 is 0.917 bits per heavy atom.